The van der Waals surface area contributed by atoms with Gasteiger partial charge in [0.1, 0.15) is 12.1 Å². The number of aromatic nitrogens is 4. The van der Waals surface area contributed by atoms with Gasteiger partial charge < -0.3 is 20.9 Å². The summed E-state index contributed by atoms with van der Waals surface area (Å²) in [6.45, 7) is 3.80. The van der Waals surface area contributed by atoms with Crippen LogP contribution in [-0.4, -0.2) is 63.6 Å². The fraction of sp³-hybridized carbons (Fsp3) is 0.360. The van der Waals surface area contributed by atoms with Crippen molar-refractivity contribution >= 4 is 29.2 Å². The van der Waals surface area contributed by atoms with Gasteiger partial charge in [-0.25, -0.2) is 14.6 Å². The van der Waals surface area contributed by atoms with Crippen LogP contribution in [0.1, 0.15) is 36.5 Å². The highest BCUT2D eigenvalue weighted by atomic mass is 16.2. The second kappa shape index (κ2) is 11.9. The monoisotopic (exact) mass is 490 g/mol. The third-order valence-electron chi connectivity index (χ3n) is 5.96. The molecular formula is C25H30N8O3. The van der Waals surface area contributed by atoms with Crippen molar-refractivity contribution in [2.45, 2.75) is 26.2 Å². The quantitative estimate of drug-likeness (QED) is 0.389. The lowest BCUT2D eigenvalue weighted by atomic mass is 9.97. The molecule has 3 heterocycles. The van der Waals surface area contributed by atoms with Crippen molar-refractivity contribution in [1.29, 1.82) is 0 Å². The summed E-state index contributed by atoms with van der Waals surface area (Å²) >= 11 is 0. The molecule has 3 N–H and O–H groups in total. The summed E-state index contributed by atoms with van der Waals surface area (Å²) in [5, 5.41) is 12.7. The van der Waals surface area contributed by atoms with E-state index in [1.54, 1.807) is 42.1 Å². The van der Waals surface area contributed by atoms with E-state index in [1.807, 2.05) is 18.3 Å². The highest BCUT2D eigenvalue weighted by Gasteiger charge is 2.26. The first-order valence-electron chi connectivity index (χ1n) is 12.1. The fourth-order valence-corrected chi connectivity index (χ4v) is 4.00. The van der Waals surface area contributed by atoms with E-state index in [0.29, 0.717) is 43.1 Å². The van der Waals surface area contributed by atoms with Crippen LogP contribution in [0.4, 0.5) is 11.5 Å². The zero-order valence-corrected chi connectivity index (χ0v) is 20.2. The topological polar surface area (TPSA) is 134 Å². The first-order valence-corrected chi connectivity index (χ1v) is 12.1. The number of hydrogen-bond acceptors (Lipinski definition) is 7. The Labute approximate surface area is 209 Å². The zero-order valence-electron chi connectivity index (χ0n) is 20.2. The first-order chi connectivity index (χ1) is 17.5. The van der Waals surface area contributed by atoms with Gasteiger partial charge in [0.25, 0.3) is 5.91 Å². The van der Waals surface area contributed by atoms with Crippen molar-refractivity contribution in [2.75, 3.05) is 36.4 Å². The molecule has 0 aliphatic carbocycles. The number of piperidine rings is 1. The Kier molecular flexibility index (Phi) is 8.22. The minimum absolute atomic E-state index is 0.0358. The molecule has 11 nitrogen and oxygen atoms in total. The maximum Gasteiger partial charge on any atom is 0.251 e. The molecule has 4 rings (SSSR count). The molecule has 188 valence electrons. The van der Waals surface area contributed by atoms with E-state index < -0.39 is 0 Å². The summed E-state index contributed by atoms with van der Waals surface area (Å²) in [5.74, 6) is 0.918. The average molecular weight is 491 g/mol. The standard InChI is InChI=1S/C25H30N8O3/c1-2-23(34)31-20-8-6-18(7-9-20)24(35)26-11-12-27-25(36)19-5-3-13-32(16-19)21-15-22(29-17-28-21)33-14-4-10-30-33/h4,6-10,14-15,17,19H,2-3,5,11-13,16H2,1H3,(H,26,35)(H,27,36)(H,31,34). The smallest absolute Gasteiger partial charge is 0.251 e. The minimum Gasteiger partial charge on any atom is -0.356 e. The summed E-state index contributed by atoms with van der Waals surface area (Å²) in [6, 6.07) is 10.4. The van der Waals surface area contributed by atoms with E-state index >= 15 is 0 Å². The predicted molar refractivity (Wildman–Crippen MR) is 135 cm³/mol. The maximum atomic E-state index is 12.8. The Morgan fingerprint density at radius 2 is 1.83 bits per heavy atom. The fourth-order valence-electron chi connectivity index (χ4n) is 4.00. The van der Waals surface area contributed by atoms with Crippen molar-refractivity contribution < 1.29 is 14.4 Å². The van der Waals surface area contributed by atoms with Gasteiger partial charge in [0.15, 0.2) is 5.82 Å². The average Bonchev–Trinajstić information content (AvgIpc) is 3.46. The number of hydrogen-bond donors (Lipinski definition) is 3. The van der Waals surface area contributed by atoms with Crippen LogP contribution >= 0.6 is 0 Å². The summed E-state index contributed by atoms with van der Waals surface area (Å²) < 4.78 is 1.67. The third kappa shape index (κ3) is 6.44. The Morgan fingerprint density at radius 1 is 1.06 bits per heavy atom. The molecule has 1 saturated heterocycles. The minimum atomic E-state index is -0.238. The van der Waals surface area contributed by atoms with E-state index in [0.717, 1.165) is 25.2 Å². The van der Waals surface area contributed by atoms with Gasteiger partial charge >= 0.3 is 0 Å². The molecule has 1 unspecified atom stereocenters. The molecule has 1 atom stereocenters. The van der Waals surface area contributed by atoms with E-state index in [4.69, 9.17) is 0 Å². The Hall–Kier alpha value is -4.28. The Balaban J connectivity index is 1.22. The number of anilines is 2. The molecule has 1 fully saturated rings. The second-order valence-corrected chi connectivity index (χ2v) is 8.50. The van der Waals surface area contributed by atoms with Gasteiger partial charge in [0.05, 0.1) is 5.92 Å². The molecule has 1 aliphatic rings. The van der Waals surface area contributed by atoms with Crippen LogP contribution in [0.2, 0.25) is 0 Å². The lowest BCUT2D eigenvalue weighted by Crippen LogP contribution is -2.45. The molecule has 3 aromatic rings. The number of carbonyl (C=O) groups is 3. The number of benzene rings is 1. The van der Waals surface area contributed by atoms with Gasteiger partial charge in [0, 0.05) is 62.3 Å². The van der Waals surface area contributed by atoms with E-state index in [2.05, 4.69) is 35.9 Å². The molecule has 36 heavy (non-hydrogen) atoms. The van der Waals surface area contributed by atoms with E-state index in [-0.39, 0.29) is 23.6 Å². The summed E-state index contributed by atoms with van der Waals surface area (Å²) in [5.41, 5.74) is 1.13. The van der Waals surface area contributed by atoms with Crippen LogP contribution in [0.15, 0.2) is 55.1 Å². The highest BCUT2D eigenvalue weighted by Crippen LogP contribution is 2.22. The van der Waals surface area contributed by atoms with Crippen LogP contribution in [0, 0.1) is 5.92 Å². The molecule has 1 aliphatic heterocycles. The first kappa shape index (κ1) is 24.8. The van der Waals surface area contributed by atoms with Crippen LogP contribution in [0.25, 0.3) is 5.82 Å². The molecule has 2 aromatic heterocycles. The molecule has 11 heteroatoms. The number of amides is 3. The normalized spacial score (nSPS) is 15.2. The van der Waals surface area contributed by atoms with Gasteiger partial charge in [-0.2, -0.15) is 5.10 Å². The van der Waals surface area contributed by atoms with Gasteiger partial charge in [-0.1, -0.05) is 6.92 Å². The predicted octanol–water partition coefficient (Wildman–Crippen LogP) is 1.77. The van der Waals surface area contributed by atoms with Gasteiger partial charge in [-0.3, -0.25) is 14.4 Å². The van der Waals surface area contributed by atoms with Crippen molar-refractivity contribution in [2.24, 2.45) is 5.92 Å². The molecule has 0 spiro atoms. The largest absolute Gasteiger partial charge is 0.356 e. The third-order valence-corrected chi connectivity index (χ3v) is 5.96. The zero-order chi connectivity index (χ0) is 25.3. The van der Waals surface area contributed by atoms with Crippen molar-refractivity contribution in [1.82, 2.24) is 30.4 Å². The van der Waals surface area contributed by atoms with Crippen molar-refractivity contribution in [3.05, 3.63) is 60.7 Å². The maximum absolute atomic E-state index is 12.8. The van der Waals surface area contributed by atoms with Gasteiger partial charge in [-0.05, 0) is 43.2 Å². The van der Waals surface area contributed by atoms with Crippen LogP contribution in [0.3, 0.4) is 0 Å². The summed E-state index contributed by atoms with van der Waals surface area (Å²) in [4.78, 5) is 47.3. The summed E-state index contributed by atoms with van der Waals surface area (Å²) in [6.07, 6.45) is 7.08. The number of rotatable bonds is 9. The van der Waals surface area contributed by atoms with Crippen LogP contribution in [0.5, 0.6) is 0 Å². The number of nitrogens with zero attached hydrogens (tertiary/aromatic N) is 5. The number of carbonyl (C=O) groups excluding carboxylic acids is 3. The molecule has 1 aromatic carbocycles. The Bertz CT molecular complexity index is 1180. The van der Waals surface area contributed by atoms with Gasteiger partial charge in [0.2, 0.25) is 11.8 Å². The van der Waals surface area contributed by atoms with Crippen molar-refractivity contribution in [3.63, 3.8) is 0 Å². The summed E-state index contributed by atoms with van der Waals surface area (Å²) in [7, 11) is 0. The van der Waals surface area contributed by atoms with Crippen molar-refractivity contribution in [3.8, 4) is 5.82 Å². The SMILES string of the molecule is CCC(=O)Nc1ccc(C(=O)NCCNC(=O)C2CCCN(c3cc(-n4cccn4)ncn3)C2)cc1. The van der Waals surface area contributed by atoms with E-state index in [1.165, 1.54) is 6.33 Å². The van der Waals surface area contributed by atoms with Crippen LogP contribution in [-0.2, 0) is 9.59 Å². The molecule has 3 amide bonds. The number of nitrogens with one attached hydrogen (secondary N) is 3. The van der Waals surface area contributed by atoms with Gasteiger partial charge in [-0.15, -0.1) is 0 Å². The van der Waals surface area contributed by atoms with Crippen LogP contribution < -0.4 is 20.9 Å². The lowest BCUT2D eigenvalue weighted by Gasteiger charge is -2.32. The Morgan fingerprint density at radius 3 is 2.58 bits per heavy atom. The molecular weight excluding hydrogens is 460 g/mol. The lowest BCUT2D eigenvalue weighted by molar-refractivity contribution is -0.125. The molecule has 0 bridgehead atoms. The second-order valence-electron chi connectivity index (χ2n) is 8.50. The molecule has 0 saturated carbocycles. The van der Waals surface area contributed by atoms with E-state index in [9.17, 15) is 14.4 Å². The molecule has 0 radical (unpaired) electrons. The highest BCUT2D eigenvalue weighted by molar-refractivity contribution is 5.95.